The molecule has 0 spiro atoms. The van der Waals surface area contributed by atoms with Crippen molar-refractivity contribution in [2.24, 2.45) is 0 Å². The van der Waals surface area contributed by atoms with Crippen LogP contribution in [0.5, 0.6) is 0 Å². The van der Waals surface area contributed by atoms with Crippen molar-refractivity contribution < 1.29 is 5.11 Å². The van der Waals surface area contributed by atoms with E-state index in [1.54, 1.807) is 10.9 Å². The lowest BCUT2D eigenvalue weighted by Crippen LogP contribution is -1.99. The van der Waals surface area contributed by atoms with Crippen molar-refractivity contribution in [2.45, 2.75) is 13.5 Å². The van der Waals surface area contributed by atoms with Crippen molar-refractivity contribution in [1.82, 2.24) is 9.78 Å². The minimum absolute atomic E-state index is 0.0133. The molecule has 15 heavy (non-hydrogen) atoms. The highest BCUT2D eigenvalue weighted by Gasteiger charge is 2.06. The second-order valence-corrected chi connectivity index (χ2v) is 3.74. The highest BCUT2D eigenvalue weighted by Crippen LogP contribution is 2.16. The van der Waals surface area contributed by atoms with E-state index >= 15 is 0 Å². The van der Waals surface area contributed by atoms with Gasteiger partial charge in [0, 0.05) is 16.3 Å². The molecular formula is C11H11ClN2O. The third-order valence-electron chi connectivity index (χ3n) is 2.35. The Morgan fingerprint density at radius 3 is 2.53 bits per heavy atom. The highest BCUT2D eigenvalue weighted by molar-refractivity contribution is 6.30. The lowest BCUT2D eigenvalue weighted by Gasteiger charge is -2.04. The lowest BCUT2D eigenvalue weighted by atomic mass is 10.2. The van der Waals surface area contributed by atoms with Crippen molar-refractivity contribution in [1.29, 1.82) is 0 Å². The molecule has 4 heteroatoms. The molecule has 1 aromatic carbocycles. The number of nitrogens with zero attached hydrogens (tertiary/aromatic N) is 2. The summed E-state index contributed by atoms with van der Waals surface area (Å²) in [6.07, 6.45) is 1.67. The zero-order valence-electron chi connectivity index (χ0n) is 8.31. The first-order chi connectivity index (χ1) is 7.22. The number of hydrogen-bond donors (Lipinski definition) is 1. The fourth-order valence-corrected chi connectivity index (χ4v) is 1.57. The van der Waals surface area contributed by atoms with Gasteiger partial charge in [0.2, 0.25) is 0 Å². The third kappa shape index (κ3) is 1.89. The van der Waals surface area contributed by atoms with Gasteiger partial charge in [-0.3, -0.25) is 0 Å². The number of aliphatic hydroxyl groups excluding tert-OH is 1. The van der Waals surface area contributed by atoms with Gasteiger partial charge < -0.3 is 5.11 Å². The monoisotopic (exact) mass is 222 g/mol. The molecule has 0 fully saturated rings. The molecule has 0 amide bonds. The van der Waals surface area contributed by atoms with E-state index in [9.17, 15) is 0 Å². The molecular weight excluding hydrogens is 212 g/mol. The Bertz CT molecular complexity index is 462. The van der Waals surface area contributed by atoms with Crippen LogP contribution in [0.25, 0.3) is 5.69 Å². The van der Waals surface area contributed by atoms with Gasteiger partial charge in [0.1, 0.15) is 0 Å². The molecule has 2 aromatic rings. The van der Waals surface area contributed by atoms with E-state index in [0.717, 1.165) is 16.9 Å². The molecule has 0 aliphatic heterocycles. The molecule has 0 radical (unpaired) electrons. The van der Waals surface area contributed by atoms with E-state index in [2.05, 4.69) is 5.10 Å². The molecule has 0 saturated carbocycles. The second-order valence-electron chi connectivity index (χ2n) is 3.30. The van der Waals surface area contributed by atoms with Gasteiger partial charge in [0.15, 0.2) is 0 Å². The molecule has 0 atom stereocenters. The summed E-state index contributed by atoms with van der Waals surface area (Å²) in [7, 11) is 0. The molecule has 0 aliphatic rings. The number of aromatic nitrogens is 2. The molecule has 2 rings (SSSR count). The standard InChI is InChI=1S/C11H11ClN2O/c1-8-9(7-15)6-13-14(8)11-4-2-10(12)3-5-11/h2-6,15H,7H2,1H3. The van der Waals surface area contributed by atoms with Crippen molar-refractivity contribution in [2.75, 3.05) is 0 Å². The van der Waals surface area contributed by atoms with Crippen molar-refractivity contribution in [3.05, 3.63) is 46.7 Å². The number of aliphatic hydroxyl groups is 1. The summed E-state index contributed by atoms with van der Waals surface area (Å²) in [6, 6.07) is 7.42. The molecule has 0 saturated heterocycles. The maximum atomic E-state index is 9.05. The molecule has 0 aliphatic carbocycles. The number of rotatable bonds is 2. The first kappa shape index (κ1) is 10.2. The first-order valence-electron chi connectivity index (χ1n) is 4.62. The largest absolute Gasteiger partial charge is 0.392 e. The molecule has 78 valence electrons. The minimum atomic E-state index is 0.0133. The van der Waals surface area contributed by atoms with Crippen molar-refractivity contribution in [3.63, 3.8) is 0 Å². The Morgan fingerprint density at radius 2 is 2.00 bits per heavy atom. The van der Waals surface area contributed by atoms with Crippen LogP contribution in [0.15, 0.2) is 30.5 Å². The van der Waals surface area contributed by atoms with Crippen LogP contribution < -0.4 is 0 Å². The van der Waals surface area contributed by atoms with Crippen LogP contribution in [0, 0.1) is 6.92 Å². The van der Waals surface area contributed by atoms with E-state index in [-0.39, 0.29) is 6.61 Å². The van der Waals surface area contributed by atoms with Gasteiger partial charge in [0.25, 0.3) is 0 Å². The maximum Gasteiger partial charge on any atom is 0.0715 e. The Balaban J connectivity index is 2.45. The Hall–Kier alpha value is -1.32. The lowest BCUT2D eigenvalue weighted by molar-refractivity contribution is 0.281. The summed E-state index contributed by atoms with van der Waals surface area (Å²) < 4.78 is 1.78. The van der Waals surface area contributed by atoms with E-state index in [0.29, 0.717) is 5.02 Å². The average Bonchev–Trinajstić information content (AvgIpc) is 2.61. The summed E-state index contributed by atoms with van der Waals surface area (Å²) in [5, 5.41) is 13.9. The number of hydrogen-bond acceptors (Lipinski definition) is 2. The van der Waals surface area contributed by atoms with Crippen LogP contribution in [0.3, 0.4) is 0 Å². The third-order valence-corrected chi connectivity index (χ3v) is 2.60. The zero-order valence-corrected chi connectivity index (χ0v) is 9.07. The molecule has 3 nitrogen and oxygen atoms in total. The Kier molecular flexibility index (Phi) is 2.75. The minimum Gasteiger partial charge on any atom is -0.392 e. The van der Waals surface area contributed by atoms with Gasteiger partial charge >= 0.3 is 0 Å². The van der Waals surface area contributed by atoms with Crippen LogP contribution in [0.4, 0.5) is 0 Å². The summed E-state index contributed by atoms with van der Waals surface area (Å²) in [5.74, 6) is 0. The van der Waals surface area contributed by atoms with Gasteiger partial charge in [-0.2, -0.15) is 5.10 Å². The quantitative estimate of drug-likeness (QED) is 0.847. The second kappa shape index (κ2) is 4.04. The highest BCUT2D eigenvalue weighted by atomic mass is 35.5. The topological polar surface area (TPSA) is 38.1 Å². The van der Waals surface area contributed by atoms with E-state index in [1.807, 2.05) is 31.2 Å². The Labute approximate surface area is 92.9 Å². The summed E-state index contributed by atoms with van der Waals surface area (Å²) in [4.78, 5) is 0. The van der Waals surface area contributed by atoms with Gasteiger partial charge in [-0.05, 0) is 31.2 Å². The van der Waals surface area contributed by atoms with Gasteiger partial charge in [0.05, 0.1) is 18.5 Å². The van der Waals surface area contributed by atoms with E-state index < -0.39 is 0 Å². The van der Waals surface area contributed by atoms with Crippen LogP contribution in [0.1, 0.15) is 11.3 Å². The number of benzene rings is 1. The number of halogens is 1. The van der Waals surface area contributed by atoms with Gasteiger partial charge in [-0.1, -0.05) is 11.6 Å². The van der Waals surface area contributed by atoms with Gasteiger partial charge in [-0.25, -0.2) is 4.68 Å². The van der Waals surface area contributed by atoms with Crippen LogP contribution in [-0.4, -0.2) is 14.9 Å². The van der Waals surface area contributed by atoms with Crippen molar-refractivity contribution >= 4 is 11.6 Å². The fraction of sp³-hybridized carbons (Fsp3) is 0.182. The van der Waals surface area contributed by atoms with E-state index in [4.69, 9.17) is 16.7 Å². The predicted octanol–water partition coefficient (Wildman–Crippen LogP) is 2.33. The summed E-state index contributed by atoms with van der Waals surface area (Å²) in [5.41, 5.74) is 2.72. The van der Waals surface area contributed by atoms with Gasteiger partial charge in [-0.15, -0.1) is 0 Å². The molecule has 1 N–H and O–H groups in total. The zero-order chi connectivity index (χ0) is 10.8. The summed E-state index contributed by atoms with van der Waals surface area (Å²) in [6.45, 7) is 1.94. The maximum absolute atomic E-state index is 9.05. The summed E-state index contributed by atoms with van der Waals surface area (Å²) >= 11 is 5.80. The van der Waals surface area contributed by atoms with Crippen LogP contribution in [-0.2, 0) is 6.61 Å². The van der Waals surface area contributed by atoms with Crippen molar-refractivity contribution in [3.8, 4) is 5.69 Å². The molecule has 1 heterocycles. The first-order valence-corrected chi connectivity index (χ1v) is 5.00. The predicted molar refractivity (Wildman–Crippen MR) is 59.2 cm³/mol. The molecule has 0 bridgehead atoms. The SMILES string of the molecule is Cc1c(CO)cnn1-c1ccc(Cl)cc1. The normalized spacial score (nSPS) is 10.6. The smallest absolute Gasteiger partial charge is 0.0715 e. The molecule has 1 aromatic heterocycles. The fourth-order valence-electron chi connectivity index (χ4n) is 1.44. The van der Waals surface area contributed by atoms with Crippen LogP contribution in [0.2, 0.25) is 5.02 Å². The van der Waals surface area contributed by atoms with Crippen LogP contribution >= 0.6 is 11.6 Å². The molecule has 0 unspecified atom stereocenters. The van der Waals surface area contributed by atoms with E-state index in [1.165, 1.54) is 0 Å². The average molecular weight is 223 g/mol. The Morgan fingerprint density at radius 1 is 1.33 bits per heavy atom.